The van der Waals surface area contributed by atoms with Crippen LogP contribution in [0.2, 0.25) is 0 Å². The Morgan fingerprint density at radius 1 is 1.43 bits per heavy atom. The molecule has 4 atom stereocenters. The summed E-state index contributed by atoms with van der Waals surface area (Å²) >= 11 is 0. The van der Waals surface area contributed by atoms with Gasteiger partial charge in [0.15, 0.2) is 5.78 Å². The van der Waals surface area contributed by atoms with Crippen molar-refractivity contribution in [1.82, 2.24) is 0 Å². The van der Waals surface area contributed by atoms with Crippen LogP contribution in [0.1, 0.15) is 66.7 Å². The van der Waals surface area contributed by atoms with Gasteiger partial charge in [-0.15, -0.1) is 0 Å². The zero-order valence-electron chi connectivity index (χ0n) is 15.1. The fraction of sp³-hybridized carbons (Fsp3) is 0.700. The summed E-state index contributed by atoms with van der Waals surface area (Å²) in [6, 6.07) is 0. The Bertz CT molecular complexity index is 571. The molecule has 2 aliphatic rings. The summed E-state index contributed by atoms with van der Waals surface area (Å²) in [7, 11) is 0. The van der Waals surface area contributed by atoms with Gasteiger partial charge in [0.05, 0.1) is 0 Å². The summed E-state index contributed by atoms with van der Waals surface area (Å²) in [6.45, 7) is 10.9. The Labute approximate surface area is 139 Å². The number of carbonyl (C=O) groups excluding carboxylic acids is 1. The second kappa shape index (κ2) is 6.26. The molecular weight excluding hydrogens is 288 g/mol. The van der Waals surface area contributed by atoms with Crippen LogP contribution in [0.3, 0.4) is 0 Å². The van der Waals surface area contributed by atoms with Crippen LogP contribution in [-0.4, -0.2) is 16.9 Å². The van der Waals surface area contributed by atoms with Crippen LogP contribution in [0, 0.1) is 22.7 Å². The minimum absolute atomic E-state index is 0.0752. The van der Waals surface area contributed by atoms with E-state index in [9.17, 15) is 9.59 Å². The van der Waals surface area contributed by atoms with E-state index in [-0.39, 0.29) is 16.6 Å². The third kappa shape index (κ3) is 3.29. The maximum absolute atomic E-state index is 12.2. The van der Waals surface area contributed by atoms with Gasteiger partial charge in [0.25, 0.3) is 0 Å². The number of carboxylic acids is 1. The lowest BCUT2D eigenvalue weighted by Gasteiger charge is -2.57. The molecule has 1 fully saturated rings. The monoisotopic (exact) mass is 318 g/mol. The zero-order chi connectivity index (χ0) is 17.4. The predicted octanol–water partition coefficient (Wildman–Crippen LogP) is 4.78. The topological polar surface area (TPSA) is 54.4 Å². The molecule has 0 amide bonds. The highest BCUT2D eigenvalue weighted by Gasteiger charge is 2.54. The molecule has 0 aromatic carbocycles. The molecule has 0 radical (unpaired) electrons. The van der Waals surface area contributed by atoms with Crippen LogP contribution in [0.25, 0.3) is 0 Å². The van der Waals surface area contributed by atoms with Crippen molar-refractivity contribution < 1.29 is 14.7 Å². The van der Waals surface area contributed by atoms with E-state index in [2.05, 4.69) is 27.7 Å². The summed E-state index contributed by atoms with van der Waals surface area (Å²) in [4.78, 5) is 23.0. The summed E-state index contributed by atoms with van der Waals surface area (Å²) in [5, 5.41) is 8.91. The average Bonchev–Trinajstić information content (AvgIpc) is 2.44. The number of ketones is 1. The number of hydrogen-bond acceptors (Lipinski definition) is 2. The fourth-order valence-corrected chi connectivity index (χ4v) is 4.86. The van der Waals surface area contributed by atoms with E-state index in [1.807, 2.05) is 13.0 Å². The first-order chi connectivity index (χ1) is 10.6. The predicted molar refractivity (Wildman–Crippen MR) is 92.1 cm³/mol. The van der Waals surface area contributed by atoms with Crippen molar-refractivity contribution in [3.63, 3.8) is 0 Å². The lowest BCUT2D eigenvalue weighted by molar-refractivity contribution is -0.131. The lowest BCUT2D eigenvalue weighted by atomic mass is 9.47. The SMILES string of the molecule is CC1=CC(=O)C[C@H]2[C@](C)(CC/C(C)=C/C(=O)O)[C@H](C)CC[C@]12C. The van der Waals surface area contributed by atoms with Gasteiger partial charge in [-0.1, -0.05) is 31.9 Å². The van der Waals surface area contributed by atoms with Crippen molar-refractivity contribution >= 4 is 11.8 Å². The number of aliphatic carboxylic acids is 1. The number of carboxylic acid groups (broad SMARTS) is 1. The average molecular weight is 318 g/mol. The summed E-state index contributed by atoms with van der Waals surface area (Å²) < 4.78 is 0. The highest BCUT2D eigenvalue weighted by Crippen LogP contribution is 2.61. The molecule has 2 rings (SSSR count). The Hall–Kier alpha value is -1.38. The van der Waals surface area contributed by atoms with Gasteiger partial charge in [-0.2, -0.15) is 0 Å². The first-order valence-corrected chi connectivity index (χ1v) is 8.71. The first-order valence-electron chi connectivity index (χ1n) is 8.71. The molecule has 2 aliphatic carbocycles. The maximum atomic E-state index is 12.2. The van der Waals surface area contributed by atoms with Gasteiger partial charge >= 0.3 is 5.97 Å². The quantitative estimate of drug-likeness (QED) is 0.759. The van der Waals surface area contributed by atoms with E-state index in [0.717, 1.165) is 24.8 Å². The van der Waals surface area contributed by atoms with Crippen molar-refractivity contribution in [2.24, 2.45) is 22.7 Å². The molecule has 0 aliphatic heterocycles. The van der Waals surface area contributed by atoms with Gasteiger partial charge in [0.1, 0.15) is 0 Å². The minimum atomic E-state index is -0.874. The molecule has 0 aromatic rings. The van der Waals surface area contributed by atoms with E-state index in [1.54, 1.807) is 0 Å². The maximum Gasteiger partial charge on any atom is 0.328 e. The molecule has 0 unspecified atom stereocenters. The lowest BCUT2D eigenvalue weighted by Crippen LogP contribution is -2.50. The molecule has 1 N–H and O–H groups in total. The van der Waals surface area contributed by atoms with Crippen molar-refractivity contribution in [2.45, 2.75) is 66.7 Å². The number of allylic oxidation sites excluding steroid dienone is 3. The van der Waals surface area contributed by atoms with Gasteiger partial charge in [-0.3, -0.25) is 4.79 Å². The van der Waals surface area contributed by atoms with E-state index in [4.69, 9.17) is 5.11 Å². The third-order valence-corrected chi connectivity index (χ3v) is 6.90. The Morgan fingerprint density at radius 2 is 2.09 bits per heavy atom. The van der Waals surface area contributed by atoms with Crippen LogP contribution in [-0.2, 0) is 9.59 Å². The Morgan fingerprint density at radius 3 is 2.70 bits per heavy atom. The van der Waals surface area contributed by atoms with Crippen molar-refractivity contribution in [2.75, 3.05) is 0 Å². The molecule has 0 heterocycles. The van der Waals surface area contributed by atoms with Crippen LogP contribution in [0.15, 0.2) is 23.3 Å². The van der Waals surface area contributed by atoms with Crippen LogP contribution in [0.4, 0.5) is 0 Å². The molecular formula is C20H30O3. The van der Waals surface area contributed by atoms with Gasteiger partial charge in [-0.25, -0.2) is 4.79 Å². The molecule has 3 heteroatoms. The van der Waals surface area contributed by atoms with E-state index >= 15 is 0 Å². The fourth-order valence-electron chi connectivity index (χ4n) is 4.86. The van der Waals surface area contributed by atoms with Crippen LogP contribution < -0.4 is 0 Å². The smallest absolute Gasteiger partial charge is 0.328 e. The van der Waals surface area contributed by atoms with Crippen molar-refractivity contribution in [3.05, 3.63) is 23.3 Å². The normalized spacial score (nSPS) is 38.0. The highest BCUT2D eigenvalue weighted by atomic mass is 16.4. The Kier molecular flexibility index (Phi) is 4.89. The van der Waals surface area contributed by atoms with Crippen LogP contribution >= 0.6 is 0 Å². The largest absolute Gasteiger partial charge is 0.478 e. The molecule has 0 saturated heterocycles. The van der Waals surface area contributed by atoms with Crippen molar-refractivity contribution in [1.29, 1.82) is 0 Å². The van der Waals surface area contributed by atoms with Crippen molar-refractivity contribution in [3.8, 4) is 0 Å². The zero-order valence-corrected chi connectivity index (χ0v) is 15.1. The summed E-state index contributed by atoms with van der Waals surface area (Å²) in [6.07, 6.45) is 7.85. The number of carbonyl (C=O) groups is 2. The van der Waals surface area contributed by atoms with Gasteiger partial charge < -0.3 is 5.11 Å². The minimum Gasteiger partial charge on any atom is -0.478 e. The standard InChI is InChI=1S/C20H30O3/c1-13(10-18(22)23)6-8-19(4)14(2)7-9-20(5)15(3)11-16(21)12-17(19)20/h10-11,14,17H,6-9,12H2,1-5H3,(H,22,23)/b13-10+/t14-,17+,19-,20-/m1/s1. The number of hydrogen-bond donors (Lipinski definition) is 1. The number of rotatable bonds is 4. The second-order valence-electron chi connectivity index (χ2n) is 8.24. The number of fused-ring (bicyclic) bond motifs is 1. The van der Waals surface area contributed by atoms with Gasteiger partial charge in [-0.05, 0) is 68.3 Å². The first kappa shape index (κ1) is 18.0. The second-order valence-corrected chi connectivity index (χ2v) is 8.24. The molecule has 0 aromatic heterocycles. The molecule has 23 heavy (non-hydrogen) atoms. The van der Waals surface area contributed by atoms with Crippen LogP contribution in [0.5, 0.6) is 0 Å². The van der Waals surface area contributed by atoms with E-state index in [1.165, 1.54) is 18.1 Å². The Balaban J connectivity index is 2.29. The molecule has 1 saturated carbocycles. The highest BCUT2D eigenvalue weighted by molar-refractivity contribution is 5.92. The summed E-state index contributed by atoms with van der Waals surface area (Å²) in [5.41, 5.74) is 2.33. The molecule has 0 bridgehead atoms. The van der Waals surface area contributed by atoms with E-state index in [0.29, 0.717) is 18.3 Å². The van der Waals surface area contributed by atoms with E-state index < -0.39 is 5.97 Å². The molecule has 3 nitrogen and oxygen atoms in total. The molecule has 0 spiro atoms. The molecule has 128 valence electrons. The van der Waals surface area contributed by atoms with Gasteiger partial charge in [0.2, 0.25) is 0 Å². The third-order valence-electron chi connectivity index (χ3n) is 6.90. The van der Waals surface area contributed by atoms with Gasteiger partial charge in [0, 0.05) is 12.5 Å². The summed E-state index contributed by atoms with van der Waals surface area (Å²) in [5.74, 6) is 0.287.